The van der Waals surface area contributed by atoms with Crippen LogP contribution in [0.15, 0.2) is 30.5 Å². The molecule has 2 rings (SSSR count). The number of hydrogen-bond donors (Lipinski definition) is 0. The van der Waals surface area contributed by atoms with Gasteiger partial charge < -0.3 is 4.90 Å². The summed E-state index contributed by atoms with van der Waals surface area (Å²) in [4.78, 5) is 12.7. The highest BCUT2D eigenvalue weighted by Gasteiger charge is 2.04. The molecule has 0 aliphatic carbocycles. The average molecular weight is 216 g/mol. The molecular formula is C11H12N4O. The maximum absolute atomic E-state index is 10.7. The molecule has 0 atom stereocenters. The van der Waals surface area contributed by atoms with Crippen molar-refractivity contribution in [1.29, 1.82) is 0 Å². The van der Waals surface area contributed by atoms with E-state index in [9.17, 15) is 4.79 Å². The molecule has 16 heavy (non-hydrogen) atoms. The first-order valence-electron chi connectivity index (χ1n) is 4.86. The van der Waals surface area contributed by atoms with Crippen molar-refractivity contribution < 1.29 is 4.79 Å². The molecular weight excluding hydrogens is 204 g/mol. The summed E-state index contributed by atoms with van der Waals surface area (Å²) in [7, 11) is 3.95. The third-order valence-electron chi connectivity index (χ3n) is 2.31. The van der Waals surface area contributed by atoms with Gasteiger partial charge in [-0.1, -0.05) is 5.21 Å². The Labute approximate surface area is 93.3 Å². The fourth-order valence-electron chi connectivity index (χ4n) is 1.42. The van der Waals surface area contributed by atoms with Crippen molar-refractivity contribution >= 4 is 12.0 Å². The van der Waals surface area contributed by atoms with Crippen molar-refractivity contribution in [3.05, 3.63) is 36.2 Å². The Bertz CT molecular complexity index is 487. The highest BCUT2D eigenvalue weighted by Crippen LogP contribution is 2.15. The second-order valence-corrected chi connectivity index (χ2v) is 3.60. The largest absolute Gasteiger partial charge is 0.378 e. The zero-order valence-corrected chi connectivity index (χ0v) is 9.16. The van der Waals surface area contributed by atoms with E-state index >= 15 is 0 Å². The standard InChI is InChI=1S/C11H12N4O/c1-14(2)9-3-5-10(6-4-9)15-11(8-16)7-12-13-15/h3-8H,1-2H3. The average Bonchev–Trinajstić information content (AvgIpc) is 2.77. The van der Waals surface area contributed by atoms with Gasteiger partial charge >= 0.3 is 0 Å². The SMILES string of the molecule is CN(C)c1ccc(-n2nncc2C=O)cc1. The molecule has 0 radical (unpaired) electrons. The fraction of sp³-hybridized carbons (Fsp3) is 0.182. The molecule has 0 saturated carbocycles. The summed E-state index contributed by atoms with van der Waals surface area (Å²) in [6.07, 6.45) is 2.17. The zero-order chi connectivity index (χ0) is 11.5. The number of aromatic nitrogens is 3. The van der Waals surface area contributed by atoms with Crippen LogP contribution in [0.1, 0.15) is 10.5 Å². The third kappa shape index (κ3) is 1.79. The van der Waals surface area contributed by atoms with E-state index in [2.05, 4.69) is 10.3 Å². The van der Waals surface area contributed by atoms with Crippen LogP contribution in [0.4, 0.5) is 5.69 Å². The van der Waals surface area contributed by atoms with E-state index in [4.69, 9.17) is 0 Å². The van der Waals surface area contributed by atoms with Crippen LogP contribution in [-0.2, 0) is 0 Å². The van der Waals surface area contributed by atoms with E-state index in [1.54, 1.807) is 0 Å². The van der Waals surface area contributed by atoms with Crippen LogP contribution in [0.3, 0.4) is 0 Å². The lowest BCUT2D eigenvalue weighted by Crippen LogP contribution is -2.08. The summed E-state index contributed by atoms with van der Waals surface area (Å²) in [5, 5.41) is 7.55. The van der Waals surface area contributed by atoms with Gasteiger partial charge in [0.25, 0.3) is 0 Å². The van der Waals surface area contributed by atoms with Crippen molar-refractivity contribution in [2.45, 2.75) is 0 Å². The monoisotopic (exact) mass is 216 g/mol. The third-order valence-corrected chi connectivity index (χ3v) is 2.31. The lowest BCUT2D eigenvalue weighted by atomic mass is 10.2. The quantitative estimate of drug-likeness (QED) is 0.722. The van der Waals surface area contributed by atoms with Crippen LogP contribution in [0.5, 0.6) is 0 Å². The van der Waals surface area contributed by atoms with Crippen LogP contribution in [0.25, 0.3) is 5.69 Å². The van der Waals surface area contributed by atoms with Crippen LogP contribution < -0.4 is 4.90 Å². The molecule has 1 heterocycles. The second kappa shape index (κ2) is 4.14. The topological polar surface area (TPSA) is 51.0 Å². The molecule has 0 bridgehead atoms. The molecule has 5 nitrogen and oxygen atoms in total. The van der Waals surface area contributed by atoms with E-state index < -0.39 is 0 Å². The maximum atomic E-state index is 10.7. The van der Waals surface area contributed by atoms with Gasteiger partial charge in [0.2, 0.25) is 0 Å². The van der Waals surface area contributed by atoms with Crippen LogP contribution >= 0.6 is 0 Å². The Balaban J connectivity index is 2.38. The first kappa shape index (κ1) is 10.4. The number of aldehydes is 1. The first-order chi connectivity index (χ1) is 7.72. The van der Waals surface area contributed by atoms with E-state index in [0.29, 0.717) is 5.69 Å². The van der Waals surface area contributed by atoms with Crippen LogP contribution in [0.2, 0.25) is 0 Å². The number of hydrogen-bond acceptors (Lipinski definition) is 4. The Morgan fingerprint density at radius 2 is 1.94 bits per heavy atom. The van der Waals surface area contributed by atoms with E-state index in [1.807, 2.05) is 43.3 Å². The number of carbonyl (C=O) groups excluding carboxylic acids is 1. The first-order valence-corrected chi connectivity index (χ1v) is 4.86. The Morgan fingerprint density at radius 3 is 2.50 bits per heavy atom. The van der Waals surface area contributed by atoms with Crippen molar-refractivity contribution in [3.63, 3.8) is 0 Å². The summed E-state index contributed by atoms with van der Waals surface area (Å²) < 4.78 is 1.51. The Morgan fingerprint density at radius 1 is 1.25 bits per heavy atom. The van der Waals surface area contributed by atoms with E-state index in [1.165, 1.54) is 10.9 Å². The predicted octanol–water partition coefficient (Wildman–Crippen LogP) is 1.15. The van der Waals surface area contributed by atoms with Crippen molar-refractivity contribution in [1.82, 2.24) is 15.0 Å². The molecule has 1 aromatic heterocycles. The predicted molar refractivity (Wildman–Crippen MR) is 61.1 cm³/mol. The number of benzene rings is 1. The molecule has 5 heteroatoms. The molecule has 0 N–H and O–H groups in total. The van der Waals surface area contributed by atoms with Crippen LogP contribution in [-0.4, -0.2) is 35.4 Å². The van der Waals surface area contributed by atoms with Crippen molar-refractivity contribution in [2.75, 3.05) is 19.0 Å². The van der Waals surface area contributed by atoms with Gasteiger partial charge in [0.05, 0.1) is 11.9 Å². The van der Waals surface area contributed by atoms with Gasteiger partial charge in [-0.15, -0.1) is 5.10 Å². The van der Waals surface area contributed by atoms with Crippen molar-refractivity contribution in [3.8, 4) is 5.69 Å². The highest BCUT2D eigenvalue weighted by molar-refractivity contribution is 5.72. The summed E-state index contributed by atoms with van der Waals surface area (Å²) in [5.41, 5.74) is 2.36. The highest BCUT2D eigenvalue weighted by atomic mass is 16.1. The number of anilines is 1. The number of nitrogens with zero attached hydrogens (tertiary/aromatic N) is 4. The maximum Gasteiger partial charge on any atom is 0.170 e. The van der Waals surface area contributed by atoms with Gasteiger partial charge in [-0.25, -0.2) is 4.68 Å². The second-order valence-electron chi connectivity index (χ2n) is 3.60. The van der Waals surface area contributed by atoms with Gasteiger partial charge in [0.1, 0.15) is 5.69 Å². The number of carbonyl (C=O) groups is 1. The minimum Gasteiger partial charge on any atom is -0.378 e. The molecule has 2 aromatic rings. The zero-order valence-electron chi connectivity index (χ0n) is 9.16. The van der Waals surface area contributed by atoms with Gasteiger partial charge in [-0.05, 0) is 24.3 Å². The minimum atomic E-state index is 0.442. The summed E-state index contributed by atoms with van der Waals surface area (Å²) >= 11 is 0. The molecule has 0 saturated heterocycles. The lowest BCUT2D eigenvalue weighted by Gasteiger charge is -2.12. The number of rotatable bonds is 3. The molecule has 0 aliphatic rings. The summed E-state index contributed by atoms with van der Waals surface area (Å²) in [6.45, 7) is 0. The minimum absolute atomic E-state index is 0.442. The van der Waals surface area contributed by atoms with E-state index in [0.717, 1.165) is 17.7 Å². The van der Waals surface area contributed by atoms with Crippen molar-refractivity contribution in [2.24, 2.45) is 0 Å². The molecule has 0 amide bonds. The van der Waals surface area contributed by atoms with Crippen LogP contribution in [0, 0.1) is 0 Å². The molecule has 0 spiro atoms. The van der Waals surface area contributed by atoms with Gasteiger partial charge in [-0.2, -0.15) is 0 Å². The summed E-state index contributed by atoms with van der Waals surface area (Å²) in [5.74, 6) is 0. The molecule has 82 valence electrons. The lowest BCUT2D eigenvalue weighted by molar-refractivity contribution is 0.111. The van der Waals surface area contributed by atoms with Gasteiger partial charge in [-0.3, -0.25) is 4.79 Å². The molecule has 0 aliphatic heterocycles. The normalized spacial score (nSPS) is 10.1. The summed E-state index contributed by atoms with van der Waals surface area (Å²) in [6, 6.07) is 7.73. The van der Waals surface area contributed by atoms with Gasteiger partial charge in [0.15, 0.2) is 6.29 Å². The molecule has 0 fully saturated rings. The Kier molecular flexibility index (Phi) is 2.68. The fourth-order valence-corrected chi connectivity index (χ4v) is 1.42. The molecule has 1 aromatic carbocycles. The van der Waals surface area contributed by atoms with E-state index in [-0.39, 0.29) is 0 Å². The van der Waals surface area contributed by atoms with Gasteiger partial charge in [0, 0.05) is 19.8 Å². The smallest absolute Gasteiger partial charge is 0.170 e. The molecule has 0 unspecified atom stereocenters. The Hall–Kier alpha value is -2.17.